The van der Waals surface area contributed by atoms with E-state index < -0.39 is 10.0 Å². The molecule has 1 atom stereocenters. The van der Waals surface area contributed by atoms with E-state index in [4.69, 9.17) is 16.3 Å². The first-order valence-electron chi connectivity index (χ1n) is 9.76. The smallest absolute Gasteiger partial charge is 0.255 e. The van der Waals surface area contributed by atoms with Crippen molar-refractivity contribution in [1.29, 1.82) is 0 Å². The zero-order valence-electron chi connectivity index (χ0n) is 15.9. The van der Waals surface area contributed by atoms with Gasteiger partial charge in [0.1, 0.15) is 4.90 Å². The first kappa shape index (κ1) is 20.3. The predicted molar refractivity (Wildman–Crippen MR) is 112 cm³/mol. The molecule has 1 heterocycles. The summed E-state index contributed by atoms with van der Waals surface area (Å²) in [7, 11) is -3.86. The van der Waals surface area contributed by atoms with Crippen LogP contribution in [-0.4, -0.2) is 33.6 Å². The van der Waals surface area contributed by atoms with E-state index in [-0.39, 0.29) is 34.0 Å². The van der Waals surface area contributed by atoms with E-state index in [9.17, 15) is 13.2 Å². The fraction of sp³-hybridized carbons (Fsp3) is 0.381. The van der Waals surface area contributed by atoms with Gasteiger partial charge in [0.15, 0.2) is 0 Å². The molecule has 1 amide bonds. The first-order chi connectivity index (χ1) is 13.9. The summed E-state index contributed by atoms with van der Waals surface area (Å²) in [4.78, 5) is 12.6. The Bertz CT molecular complexity index is 1030. The zero-order valence-corrected chi connectivity index (χ0v) is 17.5. The Morgan fingerprint density at radius 1 is 1.10 bits per heavy atom. The van der Waals surface area contributed by atoms with Gasteiger partial charge < -0.3 is 10.1 Å². The summed E-state index contributed by atoms with van der Waals surface area (Å²) in [5.41, 5.74) is 3.50. The predicted octanol–water partition coefficient (Wildman–Crippen LogP) is 3.54. The lowest BCUT2D eigenvalue weighted by molar-refractivity contribution is 0.102. The molecule has 0 aromatic heterocycles. The van der Waals surface area contributed by atoms with E-state index in [1.165, 1.54) is 29.3 Å². The fourth-order valence-electron chi connectivity index (χ4n) is 3.79. The summed E-state index contributed by atoms with van der Waals surface area (Å²) in [6.07, 6.45) is 4.82. The van der Waals surface area contributed by atoms with E-state index in [0.29, 0.717) is 12.3 Å². The van der Waals surface area contributed by atoms with Crippen LogP contribution in [0.25, 0.3) is 0 Å². The number of rotatable bonds is 6. The molecule has 0 bridgehead atoms. The summed E-state index contributed by atoms with van der Waals surface area (Å²) in [5, 5.41) is 2.91. The zero-order chi connectivity index (χ0) is 20.4. The molecule has 6 nitrogen and oxygen atoms in total. The number of ether oxygens (including phenoxy) is 1. The molecule has 154 valence electrons. The summed E-state index contributed by atoms with van der Waals surface area (Å²) < 4.78 is 33.4. The number of hydrogen-bond donors (Lipinski definition) is 2. The van der Waals surface area contributed by atoms with Crippen molar-refractivity contribution in [2.45, 2.75) is 43.1 Å². The van der Waals surface area contributed by atoms with Crippen LogP contribution in [-0.2, 0) is 27.6 Å². The minimum Gasteiger partial charge on any atom is -0.377 e. The van der Waals surface area contributed by atoms with E-state index in [1.54, 1.807) is 0 Å². The minimum atomic E-state index is -3.86. The van der Waals surface area contributed by atoms with Crippen molar-refractivity contribution in [3.8, 4) is 0 Å². The molecule has 0 saturated carbocycles. The number of sulfonamides is 1. The van der Waals surface area contributed by atoms with Crippen molar-refractivity contribution in [3.05, 3.63) is 58.1 Å². The Morgan fingerprint density at radius 3 is 2.72 bits per heavy atom. The van der Waals surface area contributed by atoms with Crippen LogP contribution in [0.5, 0.6) is 0 Å². The summed E-state index contributed by atoms with van der Waals surface area (Å²) in [6, 6.07) is 10.1. The molecule has 2 aromatic carbocycles. The molecule has 0 radical (unpaired) electrons. The lowest BCUT2D eigenvalue weighted by Gasteiger charge is -2.13. The van der Waals surface area contributed by atoms with Crippen LogP contribution < -0.4 is 10.0 Å². The Hall–Kier alpha value is -1.93. The van der Waals surface area contributed by atoms with Gasteiger partial charge in [-0.15, -0.1) is 0 Å². The fourth-order valence-corrected chi connectivity index (χ4v) is 5.38. The molecule has 8 heteroatoms. The maximum absolute atomic E-state index is 12.7. The standard InChI is InChI=1S/C21H23ClN2O4S/c22-19-9-7-16(12-20(19)29(26,27)23-13-18-5-2-10-28-18)21(25)24-17-8-6-14-3-1-4-15(14)11-17/h6-9,11-12,18,23H,1-5,10,13H2,(H,24,25)/t18-/m1/s1. The summed E-state index contributed by atoms with van der Waals surface area (Å²) >= 11 is 6.12. The SMILES string of the molecule is O=C(Nc1ccc2c(c1)CCC2)c1ccc(Cl)c(S(=O)(=O)NC[C@H]2CCCO2)c1. The van der Waals surface area contributed by atoms with Crippen LogP contribution in [0.4, 0.5) is 5.69 Å². The molecular weight excluding hydrogens is 412 g/mol. The second-order valence-electron chi connectivity index (χ2n) is 7.42. The highest BCUT2D eigenvalue weighted by Crippen LogP contribution is 2.26. The third-order valence-electron chi connectivity index (χ3n) is 5.36. The van der Waals surface area contributed by atoms with Crippen LogP contribution in [0.2, 0.25) is 5.02 Å². The third-order valence-corrected chi connectivity index (χ3v) is 7.27. The van der Waals surface area contributed by atoms with Gasteiger partial charge in [0.25, 0.3) is 5.91 Å². The average molecular weight is 435 g/mol. The van der Waals surface area contributed by atoms with Gasteiger partial charge in [-0.05, 0) is 73.6 Å². The first-order valence-corrected chi connectivity index (χ1v) is 11.6. The second-order valence-corrected chi connectivity index (χ2v) is 9.57. The van der Waals surface area contributed by atoms with E-state index in [0.717, 1.165) is 32.1 Å². The highest BCUT2D eigenvalue weighted by atomic mass is 35.5. The van der Waals surface area contributed by atoms with Gasteiger partial charge >= 0.3 is 0 Å². The van der Waals surface area contributed by atoms with Crippen molar-refractivity contribution in [2.75, 3.05) is 18.5 Å². The van der Waals surface area contributed by atoms with Crippen LogP contribution in [0, 0.1) is 0 Å². The third kappa shape index (κ3) is 4.64. The van der Waals surface area contributed by atoms with E-state index in [2.05, 4.69) is 10.0 Å². The second kappa shape index (κ2) is 8.44. The number of carbonyl (C=O) groups excluding carboxylic acids is 1. The van der Waals surface area contributed by atoms with Gasteiger partial charge in [-0.25, -0.2) is 13.1 Å². The van der Waals surface area contributed by atoms with Crippen molar-refractivity contribution in [3.63, 3.8) is 0 Å². The van der Waals surface area contributed by atoms with E-state index in [1.807, 2.05) is 18.2 Å². The number of hydrogen-bond acceptors (Lipinski definition) is 4. The molecule has 0 spiro atoms. The highest BCUT2D eigenvalue weighted by molar-refractivity contribution is 7.89. The van der Waals surface area contributed by atoms with Gasteiger partial charge in [-0.1, -0.05) is 17.7 Å². The molecule has 1 aliphatic heterocycles. The lowest BCUT2D eigenvalue weighted by atomic mass is 10.1. The molecule has 1 aliphatic carbocycles. The quantitative estimate of drug-likeness (QED) is 0.728. The molecule has 2 aliphatic rings. The number of halogens is 1. The Kier molecular flexibility index (Phi) is 5.92. The van der Waals surface area contributed by atoms with Gasteiger partial charge in [-0.2, -0.15) is 0 Å². The number of anilines is 1. The number of nitrogens with one attached hydrogen (secondary N) is 2. The summed E-state index contributed by atoms with van der Waals surface area (Å²) in [6.45, 7) is 0.829. The number of benzene rings is 2. The van der Waals surface area contributed by atoms with Gasteiger partial charge in [0.2, 0.25) is 10.0 Å². The molecule has 29 heavy (non-hydrogen) atoms. The van der Waals surface area contributed by atoms with Gasteiger partial charge in [0, 0.05) is 24.4 Å². The molecule has 1 saturated heterocycles. The Morgan fingerprint density at radius 2 is 1.93 bits per heavy atom. The molecule has 1 fully saturated rings. The van der Waals surface area contributed by atoms with Crippen molar-refractivity contribution in [1.82, 2.24) is 4.72 Å². The number of fused-ring (bicyclic) bond motifs is 1. The Labute approximate surface area is 175 Å². The maximum Gasteiger partial charge on any atom is 0.255 e. The average Bonchev–Trinajstić information content (AvgIpc) is 3.38. The molecule has 2 aromatic rings. The van der Waals surface area contributed by atoms with Crippen LogP contribution in [0.3, 0.4) is 0 Å². The lowest BCUT2D eigenvalue weighted by Crippen LogP contribution is -2.32. The van der Waals surface area contributed by atoms with Crippen LogP contribution in [0.1, 0.15) is 40.7 Å². The monoisotopic (exact) mass is 434 g/mol. The Balaban J connectivity index is 1.50. The maximum atomic E-state index is 12.7. The minimum absolute atomic E-state index is 0.0684. The number of carbonyl (C=O) groups is 1. The topological polar surface area (TPSA) is 84.5 Å². The molecular formula is C21H23ClN2O4S. The van der Waals surface area contributed by atoms with Crippen LogP contribution in [0.15, 0.2) is 41.3 Å². The summed E-state index contributed by atoms with van der Waals surface area (Å²) in [5.74, 6) is -0.379. The van der Waals surface area contributed by atoms with Gasteiger partial charge in [-0.3, -0.25) is 4.79 Å². The van der Waals surface area contributed by atoms with Crippen molar-refractivity contribution < 1.29 is 17.9 Å². The number of aryl methyl sites for hydroxylation is 2. The van der Waals surface area contributed by atoms with Crippen LogP contribution >= 0.6 is 11.6 Å². The normalized spacial score (nSPS) is 18.6. The van der Waals surface area contributed by atoms with Crippen molar-refractivity contribution >= 4 is 33.2 Å². The van der Waals surface area contributed by atoms with E-state index >= 15 is 0 Å². The molecule has 4 rings (SSSR count). The molecule has 0 unspecified atom stereocenters. The van der Waals surface area contributed by atoms with Crippen molar-refractivity contribution in [2.24, 2.45) is 0 Å². The highest BCUT2D eigenvalue weighted by Gasteiger charge is 2.23. The number of amides is 1. The molecule has 2 N–H and O–H groups in total. The largest absolute Gasteiger partial charge is 0.377 e. The van der Waals surface area contributed by atoms with Gasteiger partial charge in [0.05, 0.1) is 11.1 Å².